The molecule has 0 atom stereocenters. The molecular formula is C15H14Cl2N2O. The van der Waals surface area contributed by atoms with E-state index in [1.54, 1.807) is 0 Å². The highest BCUT2D eigenvalue weighted by Gasteiger charge is 2.11. The fraction of sp³-hybridized carbons (Fsp3) is 0.133. The van der Waals surface area contributed by atoms with Crippen molar-refractivity contribution < 1.29 is 4.79 Å². The molecule has 0 bridgehead atoms. The Labute approximate surface area is 127 Å². The van der Waals surface area contributed by atoms with Crippen molar-refractivity contribution >= 4 is 34.8 Å². The van der Waals surface area contributed by atoms with Gasteiger partial charge >= 0.3 is 0 Å². The lowest BCUT2D eigenvalue weighted by molar-refractivity contribution is 0.0951. The van der Waals surface area contributed by atoms with Crippen LogP contribution in [-0.4, -0.2) is 5.91 Å². The van der Waals surface area contributed by atoms with Gasteiger partial charge in [0.15, 0.2) is 0 Å². The zero-order valence-corrected chi connectivity index (χ0v) is 12.4. The van der Waals surface area contributed by atoms with Crippen LogP contribution in [0.2, 0.25) is 10.0 Å². The summed E-state index contributed by atoms with van der Waals surface area (Å²) in [6.07, 6.45) is 0. The number of hydrogen-bond acceptors (Lipinski definition) is 2. The second kappa shape index (κ2) is 6.16. The molecule has 0 aliphatic rings. The summed E-state index contributed by atoms with van der Waals surface area (Å²) in [4.78, 5) is 12.1. The summed E-state index contributed by atoms with van der Waals surface area (Å²) in [7, 11) is 0. The van der Waals surface area contributed by atoms with Gasteiger partial charge in [-0.15, -0.1) is 0 Å². The van der Waals surface area contributed by atoms with Crippen LogP contribution < -0.4 is 11.1 Å². The Morgan fingerprint density at radius 1 is 1.25 bits per heavy atom. The van der Waals surface area contributed by atoms with Gasteiger partial charge in [0, 0.05) is 12.1 Å². The van der Waals surface area contributed by atoms with E-state index in [0.29, 0.717) is 17.8 Å². The maximum absolute atomic E-state index is 12.1. The van der Waals surface area contributed by atoms with Crippen molar-refractivity contribution in [1.82, 2.24) is 5.32 Å². The summed E-state index contributed by atoms with van der Waals surface area (Å²) in [6.45, 7) is 2.45. The molecule has 2 aromatic carbocycles. The Hall–Kier alpha value is -1.71. The zero-order valence-electron chi connectivity index (χ0n) is 10.9. The number of hydrogen-bond donors (Lipinski definition) is 2. The van der Waals surface area contributed by atoms with Crippen molar-refractivity contribution in [3.63, 3.8) is 0 Å². The molecule has 0 spiro atoms. The number of carbonyl (C=O) groups is 1. The average Bonchev–Trinajstić information content (AvgIpc) is 2.41. The predicted molar refractivity (Wildman–Crippen MR) is 83.2 cm³/mol. The molecule has 0 aromatic heterocycles. The number of nitrogens with two attached hydrogens (primary N) is 1. The molecule has 3 nitrogen and oxygen atoms in total. The molecule has 0 saturated carbocycles. The van der Waals surface area contributed by atoms with E-state index in [1.165, 1.54) is 12.1 Å². The third kappa shape index (κ3) is 3.44. The highest BCUT2D eigenvalue weighted by molar-refractivity contribution is 6.43. The van der Waals surface area contributed by atoms with Crippen LogP contribution in [0.25, 0.3) is 0 Å². The number of nitrogens with one attached hydrogen (secondary N) is 1. The molecule has 0 aliphatic carbocycles. The summed E-state index contributed by atoms with van der Waals surface area (Å²) in [5.74, 6) is -0.239. The van der Waals surface area contributed by atoms with Crippen LogP contribution in [0.15, 0.2) is 36.4 Å². The summed E-state index contributed by atoms with van der Waals surface area (Å²) in [5.41, 5.74) is 8.56. The average molecular weight is 309 g/mol. The van der Waals surface area contributed by atoms with E-state index < -0.39 is 0 Å². The number of amides is 1. The molecule has 0 aliphatic heterocycles. The molecule has 0 saturated heterocycles. The van der Waals surface area contributed by atoms with Crippen molar-refractivity contribution in [2.24, 2.45) is 0 Å². The maximum Gasteiger partial charge on any atom is 0.251 e. The van der Waals surface area contributed by atoms with E-state index in [0.717, 1.165) is 11.1 Å². The first-order valence-electron chi connectivity index (χ1n) is 6.05. The Kier molecular flexibility index (Phi) is 4.53. The molecule has 0 fully saturated rings. The van der Waals surface area contributed by atoms with Crippen molar-refractivity contribution in [2.75, 3.05) is 5.73 Å². The summed E-state index contributed by atoms with van der Waals surface area (Å²) in [5, 5.41) is 3.36. The monoisotopic (exact) mass is 308 g/mol. The van der Waals surface area contributed by atoms with Crippen LogP contribution >= 0.6 is 23.2 Å². The van der Waals surface area contributed by atoms with E-state index >= 15 is 0 Å². The normalized spacial score (nSPS) is 10.3. The molecule has 5 heteroatoms. The van der Waals surface area contributed by atoms with Crippen LogP contribution in [0.1, 0.15) is 21.5 Å². The zero-order chi connectivity index (χ0) is 14.7. The molecular weight excluding hydrogens is 295 g/mol. The number of aryl methyl sites for hydroxylation is 1. The number of halogens is 2. The first-order valence-corrected chi connectivity index (χ1v) is 6.81. The third-order valence-electron chi connectivity index (χ3n) is 2.85. The van der Waals surface area contributed by atoms with Crippen LogP contribution in [0.4, 0.5) is 5.69 Å². The second-order valence-electron chi connectivity index (χ2n) is 4.53. The molecule has 2 rings (SSSR count). The summed E-state index contributed by atoms with van der Waals surface area (Å²) < 4.78 is 0. The highest BCUT2D eigenvalue weighted by Crippen LogP contribution is 2.29. The lowest BCUT2D eigenvalue weighted by atomic mass is 10.1. The predicted octanol–water partition coefficient (Wildman–Crippen LogP) is 3.81. The van der Waals surface area contributed by atoms with Gasteiger partial charge < -0.3 is 11.1 Å². The van der Waals surface area contributed by atoms with Crippen molar-refractivity contribution in [3.05, 3.63) is 63.1 Å². The van der Waals surface area contributed by atoms with E-state index in [-0.39, 0.29) is 16.0 Å². The molecule has 104 valence electrons. The maximum atomic E-state index is 12.1. The Morgan fingerprint density at radius 2 is 2.00 bits per heavy atom. The summed E-state index contributed by atoms with van der Waals surface area (Å²) >= 11 is 11.8. The van der Waals surface area contributed by atoms with E-state index in [9.17, 15) is 4.79 Å². The number of anilines is 1. The van der Waals surface area contributed by atoms with E-state index in [1.807, 2.05) is 31.2 Å². The molecule has 0 radical (unpaired) electrons. The number of carbonyl (C=O) groups excluding carboxylic acids is 1. The fourth-order valence-corrected chi connectivity index (χ4v) is 2.18. The largest absolute Gasteiger partial charge is 0.397 e. The minimum Gasteiger partial charge on any atom is -0.397 e. The van der Waals surface area contributed by atoms with Crippen LogP contribution in [0.5, 0.6) is 0 Å². The highest BCUT2D eigenvalue weighted by atomic mass is 35.5. The van der Waals surface area contributed by atoms with Crippen LogP contribution in [-0.2, 0) is 6.54 Å². The van der Waals surface area contributed by atoms with E-state index in [2.05, 4.69) is 5.32 Å². The van der Waals surface area contributed by atoms with Gasteiger partial charge in [0.25, 0.3) is 5.91 Å². The molecule has 2 aromatic rings. The standard InChI is InChI=1S/C15H14Cl2N2O/c1-9-3-2-4-10(5-9)8-19-15(20)11-6-12(16)14(17)13(18)7-11/h2-7H,8,18H2,1H3,(H,19,20). The Balaban J connectivity index is 2.09. The Morgan fingerprint density at radius 3 is 2.65 bits per heavy atom. The van der Waals surface area contributed by atoms with Gasteiger partial charge in [0.05, 0.1) is 15.7 Å². The number of nitrogen functional groups attached to an aromatic ring is 1. The van der Waals surface area contributed by atoms with Gasteiger partial charge in [-0.1, -0.05) is 53.0 Å². The van der Waals surface area contributed by atoms with Crippen LogP contribution in [0, 0.1) is 6.92 Å². The van der Waals surface area contributed by atoms with Crippen molar-refractivity contribution in [1.29, 1.82) is 0 Å². The van der Waals surface area contributed by atoms with E-state index in [4.69, 9.17) is 28.9 Å². The van der Waals surface area contributed by atoms with Crippen molar-refractivity contribution in [3.8, 4) is 0 Å². The second-order valence-corrected chi connectivity index (χ2v) is 5.32. The van der Waals surface area contributed by atoms with Crippen molar-refractivity contribution in [2.45, 2.75) is 13.5 Å². The van der Waals surface area contributed by atoms with Gasteiger partial charge in [-0.3, -0.25) is 4.79 Å². The summed E-state index contributed by atoms with van der Waals surface area (Å²) in [6, 6.07) is 10.9. The Bertz CT molecular complexity index is 633. The molecule has 0 unspecified atom stereocenters. The smallest absolute Gasteiger partial charge is 0.251 e. The molecule has 0 heterocycles. The quantitative estimate of drug-likeness (QED) is 0.847. The van der Waals surface area contributed by atoms with Gasteiger partial charge in [0.1, 0.15) is 0 Å². The molecule has 1 amide bonds. The SMILES string of the molecule is Cc1cccc(CNC(=O)c2cc(N)c(Cl)c(Cl)c2)c1. The first kappa shape index (κ1) is 14.7. The number of rotatable bonds is 3. The van der Waals surface area contributed by atoms with Gasteiger partial charge in [-0.25, -0.2) is 0 Å². The first-order chi connectivity index (χ1) is 9.47. The lowest BCUT2D eigenvalue weighted by Gasteiger charge is -2.08. The lowest BCUT2D eigenvalue weighted by Crippen LogP contribution is -2.23. The minimum absolute atomic E-state index is 0.239. The van der Waals surface area contributed by atoms with Crippen LogP contribution in [0.3, 0.4) is 0 Å². The fourth-order valence-electron chi connectivity index (χ4n) is 1.85. The molecule has 20 heavy (non-hydrogen) atoms. The topological polar surface area (TPSA) is 55.1 Å². The minimum atomic E-state index is -0.239. The van der Waals surface area contributed by atoms with Gasteiger partial charge in [0.2, 0.25) is 0 Å². The van der Waals surface area contributed by atoms with Gasteiger partial charge in [-0.05, 0) is 24.6 Å². The van der Waals surface area contributed by atoms with Gasteiger partial charge in [-0.2, -0.15) is 0 Å². The number of benzene rings is 2. The molecule has 3 N–H and O–H groups in total. The third-order valence-corrected chi connectivity index (χ3v) is 3.67.